The molecule has 2 rings (SSSR count). The zero-order valence-corrected chi connectivity index (χ0v) is 10.7. The number of carboxylic acids is 1. The van der Waals surface area contributed by atoms with Gasteiger partial charge in [-0.15, -0.1) is 11.3 Å². The summed E-state index contributed by atoms with van der Waals surface area (Å²) in [5.74, 6) is -2.47. The molecule has 6 heteroatoms. The zero-order valence-electron chi connectivity index (χ0n) is 9.93. The van der Waals surface area contributed by atoms with Gasteiger partial charge >= 0.3 is 5.97 Å². The first-order valence-electron chi connectivity index (χ1n) is 5.41. The van der Waals surface area contributed by atoms with Crippen LogP contribution in [0.15, 0.2) is 11.4 Å². The molecule has 1 aromatic rings. The van der Waals surface area contributed by atoms with Gasteiger partial charge in [0.2, 0.25) is 5.91 Å². The molecule has 1 aliphatic rings. The summed E-state index contributed by atoms with van der Waals surface area (Å²) in [6, 6.07) is 3.59. The van der Waals surface area contributed by atoms with Gasteiger partial charge in [0.1, 0.15) is 11.1 Å². The summed E-state index contributed by atoms with van der Waals surface area (Å²) >= 11 is 1.26. The maximum atomic E-state index is 12.0. The molecule has 2 atom stereocenters. The number of thiophene rings is 1. The number of nitriles is 1. The highest BCUT2D eigenvalue weighted by Crippen LogP contribution is 2.58. The predicted molar refractivity (Wildman–Crippen MR) is 66.1 cm³/mol. The minimum absolute atomic E-state index is 0.327. The lowest BCUT2D eigenvalue weighted by Crippen LogP contribution is -2.17. The van der Waals surface area contributed by atoms with Gasteiger partial charge in [0.25, 0.3) is 0 Å². The van der Waals surface area contributed by atoms with E-state index in [0.717, 1.165) is 0 Å². The van der Waals surface area contributed by atoms with Crippen molar-refractivity contribution in [3.8, 4) is 6.07 Å². The highest BCUT2D eigenvalue weighted by molar-refractivity contribution is 7.14. The van der Waals surface area contributed by atoms with Gasteiger partial charge in [0.05, 0.1) is 17.4 Å². The maximum Gasteiger partial charge on any atom is 0.307 e. The number of hydrogen-bond acceptors (Lipinski definition) is 4. The van der Waals surface area contributed by atoms with E-state index in [1.807, 2.05) is 6.07 Å². The quantitative estimate of drug-likeness (QED) is 0.872. The number of amides is 1. The number of nitrogens with zero attached hydrogens (tertiary/aromatic N) is 1. The molecule has 5 nitrogen and oxygen atoms in total. The number of carbonyl (C=O) groups excluding carboxylic acids is 1. The van der Waals surface area contributed by atoms with Gasteiger partial charge in [-0.3, -0.25) is 9.59 Å². The van der Waals surface area contributed by atoms with Crippen molar-refractivity contribution in [2.45, 2.75) is 13.8 Å². The third-order valence-electron chi connectivity index (χ3n) is 3.40. The first-order valence-corrected chi connectivity index (χ1v) is 6.28. The number of rotatable bonds is 3. The van der Waals surface area contributed by atoms with E-state index in [9.17, 15) is 9.59 Å². The summed E-state index contributed by atoms with van der Waals surface area (Å²) in [6.45, 7) is 3.52. The van der Waals surface area contributed by atoms with Crippen molar-refractivity contribution < 1.29 is 14.7 Å². The third kappa shape index (κ3) is 1.87. The molecule has 0 bridgehead atoms. The maximum absolute atomic E-state index is 12.0. The van der Waals surface area contributed by atoms with E-state index in [0.29, 0.717) is 10.6 Å². The summed E-state index contributed by atoms with van der Waals surface area (Å²) in [5.41, 5.74) is -0.126. The Morgan fingerprint density at radius 2 is 2.17 bits per heavy atom. The summed E-state index contributed by atoms with van der Waals surface area (Å²) in [6.07, 6.45) is 0. The van der Waals surface area contributed by atoms with Gasteiger partial charge < -0.3 is 10.4 Å². The number of anilines is 1. The van der Waals surface area contributed by atoms with Crippen LogP contribution in [0.25, 0.3) is 0 Å². The average Bonchev–Trinajstić information content (AvgIpc) is 2.66. The molecule has 1 saturated carbocycles. The summed E-state index contributed by atoms with van der Waals surface area (Å²) < 4.78 is 0. The molecule has 0 spiro atoms. The molecule has 18 heavy (non-hydrogen) atoms. The summed E-state index contributed by atoms with van der Waals surface area (Å²) in [5, 5.41) is 22.7. The van der Waals surface area contributed by atoms with E-state index >= 15 is 0 Å². The fourth-order valence-corrected chi connectivity index (χ4v) is 3.01. The lowest BCUT2D eigenvalue weighted by molar-refractivity contribution is -0.140. The largest absolute Gasteiger partial charge is 0.481 e. The van der Waals surface area contributed by atoms with E-state index in [1.54, 1.807) is 25.3 Å². The molecule has 0 aromatic carbocycles. The molecule has 1 heterocycles. The number of nitrogens with one attached hydrogen (secondary N) is 1. The monoisotopic (exact) mass is 264 g/mol. The van der Waals surface area contributed by atoms with E-state index < -0.39 is 23.2 Å². The van der Waals surface area contributed by atoms with Gasteiger partial charge in [-0.2, -0.15) is 5.26 Å². The molecule has 94 valence electrons. The van der Waals surface area contributed by atoms with E-state index in [-0.39, 0.29) is 5.91 Å². The SMILES string of the molecule is CC1(C)[C@H](C(=O)O)[C@@H]1C(=O)Nc1sccc1C#N. The Hall–Kier alpha value is -1.87. The van der Waals surface area contributed by atoms with Crippen LogP contribution in [0.1, 0.15) is 19.4 Å². The van der Waals surface area contributed by atoms with Crippen LogP contribution in [0.3, 0.4) is 0 Å². The molecule has 2 N–H and O–H groups in total. The van der Waals surface area contributed by atoms with Gasteiger partial charge in [0.15, 0.2) is 0 Å². The van der Waals surface area contributed by atoms with Crippen LogP contribution in [0.5, 0.6) is 0 Å². The number of hydrogen-bond donors (Lipinski definition) is 2. The van der Waals surface area contributed by atoms with Crippen molar-refractivity contribution in [3.63, 3.8) is 0 Å². The van der Waals surface area contributed by atoms with E-state index in [4.69, 9.17) is 10.4 Å². The normalized spacial score (nSPS) is 24.1. The minimum atomic E-state index is -0.952. The minimum Gasteiger partial charge on any atom is -0.481 e. The fourth-order valence-electron chi connectivity index (χ4n) is 2.27. The van der Waals surface area contributed by atoms with Gasteiger partial charge in [-0.1, -0.05) is 13.8 Å². The fraction of sp³-hybridized carbons (Fsp3) is 0.417. The Morgan fingerprint density at radius 1 is 1.50 bits per heavy atom. The predicted octanol–water partition coefficient (Wildman–Crippen LogP) is 1.92. The number of carboxylic acid groups (broad SMARTS) is 1. The van der Waals surface area contributed by atoms with Crippen LogP contribution >= 0.6 is 11.3 Å². The summed E-state index contributed by atoms with van der Waals surface area (Å²) in [4.78, 5) is 23.0. The van der Waals surface area contributed by atoms with E-state index in [1.165, 1.54) is 11.3 Å². The van der Waals surface area contributed by atoms with Gasteiger partial charge in [0, 0.05) is 0 Å². The Labute approximate surface area is 108 Å². The van der Waals surface area contributed by atoms with Crippen LogP contribution in [-0.2, 0) is 9.59 Å². The Bertz CT molecular complexity index is 556. The second-order valence-corrected chi connectivity index (χ2v) is 5.80. The molecule has 1 aromatic heterocycles. The number of carbonyl (C=O) groups is 2. The molecule has 1 fully saturated rings. The Morgan fingerprint density at radius 3 is 2.67 bits per heavy atom. The zero-order chi connectivity index (χ0) is 13.5. The molecule has 0 aliphatic heterocycles. The Balaban J connectivity index is 2.12. The summed E-state index contributed by atoms with van der Waals surface area (Å²) in [7, 11) is 0. The average molecular weight is 264 g/mol. The van der Waals surface area contributed by atoms with Gasteiger partial charge in [-0.25, -0.2) is 0 Å². The third-order valence-corrected chi connectivity index (χ3v) is 4.23. The standard InChI is InChI=1S/C12H12N2O3S/c1-12(2)7(8(12)11(16)17)9(15)14-10-6(5-13)3-4-18-10/h3-4,7-8H,1-2H3,(H,14,15)(H,16,17)/t7-,8+/m1/s1. The molecule has 0 unspecified atom stereocenters. The molecule has 0 radical (unpaired) electrons. The van der Waals surface area contributed by atoms with Gasteiger partial charge in [-0.05, 0) is 16.9 Å². The van der Waals surface area contributed by atoms with Crippen LogP contribution in [0.2, 0.25) is 0 Å². The lowest BCUT2D eigenvalue weighted by Gasteiger charge is -2.03. The topological polar surface area (TPSA) is 90.2 Å². The molecule has 1 amide bonds. The molecular weight excluding hydrogens is 252 g/mol. The lowest BCUT2D eigenvalue weighted by atomic mass is 10.1. The number of aliphatic carboxylic acids is 1. The highest BCUT2D eigenvalue weighted by atomic mass is 32.1. The van der Waals surface area contributed by atoms with Crippen molar-refractivity contribution in [1.29, 1.82) is 5.26 Å². The highest BCUT2D eigenvalue weighted by Gasteiger charge is 2.65. The smallest absolute Gasteiger partial charge is 0.307 e. The molecule has 0 saturated heterocycles. The van der Waals surface area contributed by atoms with Crippen molar-refractivity contribution in [2.75, 3.05) is 5.32 Å². The van der Waals surface area contributed by atoms with Crippen molar-refractivity contribution in [3.05, 3.63) is 17.0 Å². The van der Waals surface area contributed by atoms with Crippen LogP contribution in [0.4, 0.5) is 5.00 Å². The second kappa shape index (κ2) is 4.10. The van der Waals surface area contributed by atoms with Crippen molar-refractivity contribution in [1.82, 2.24) is 0 Å². The van der Waals surface area contributed by atoms with Crippen LogP contribution < -0.4 is 5.32 Å². The van der Waals surface area contributed by atoms with Crippen LogP contribution in [-0.4, -0.2) is 17.0 Å². The van der Waals surface area contributed by atoms with Crippen molar-refractivity contribution in [2.24, 2.45) is 17.3 Å². The first kappa shape index (κ1) is 12.6. The van der Waals surface area contributed by atoms with Crippen LogP contribution in [0, 0.1) is 28.6 Å². The molecule has 1 aliphatic carbocycles. The van der Waals surface area contributed by atoms with Crippen molar-refractivity contribution >= 4 is 28.2 Å². The Kier molecular flexibility index (Phi) is 2.87. The molecular formula is C12H12N2O3S. The first-order chi connectivity index (χ1) is 8.39. The van der Waals surface area contributed by atoms with E-state index in [2.05, 4.69) is 5.32 Å². The second-order valence-electron chi connectivity index (χ2n) is 4.88.